The molecular weight excluding hydrogens is 409 g/mol. The minimum absolute atomic E-state index is 0.0805. The smallest absolute Gasteiger partial charge is 0.371 e. The third-order valence-electron chi connectivity index (χ3n) is 5.11. The van der Waals surface area contributed by atoms with E-state index < -0.39 is 18.5 Å². The van der Waals surface area contributed by atoms with Crippen molar-refractivity contribution in [3.8, 4) is 11.3 Å². The second kappa shape index (κ2) is 7.60. The van der Waals surface area contributed by atoms with E-state index >= 15 is 0 Å². The molecule has 4 aromatic rings. The van der Waals surface area contributed by atoms with Crippen molar-refractivity contribution in [2.24, 2.45) is 7.05 Å². The van der Waals surface area contributed by atoms with E-state index in [0.717, 1.165) is 38.1 Å². The Hall–Kier alpha value is -3.56. The lowest BCUT2D eigenvalue weighted by Gasteiger charge is -2.18. The van der Waals surface area contributed by atoms with Gasteiger partial charge in [0.15, 0.2) is 5.82 Å². The number of aryl methyl sites for hydroxylation is 1. The summed E-state index contributed by atoms with van der Waals surface area (Å²) < 4.78 is 39.4. The maximum Gasteiger partial charge on any atom is 0.397 e. The highest BCUT2D eigenvalue weighted by Crippen LogP contribution is 2.32. The van der Waals surface area contributed by atoms with Gasteiger partial charge in [-0.15, -0.1) is 0 Å². The van der Waals surface area contributed by atoms with Crippen LogP contribution < -0.4 is 5.32 Å². The Bertz CT molecular complexity index is 1270. The van der Waals surface area contributed by atoms with Crippen LogP contribution in [0.25, 0.3) is 33.3 Å². The second-order valence-electron chi connectivity index (χ2n) is 7.45. The molecule has 4 rings (SSSR count). The quantitative estimate of drug-likeness (QED) is 0.500. The second-order valence-corrected chi connectivity index (χ2v) is 7.45. The number of aromatic nitrogens is 4. The number of fused-ring (bicyclic) bond motifs is 3. The molecule has 0 unspecified atom stereocenters. The molecule has 0 saturated heterocycles. The average molecular weight is 430 g/mol. The molecule has 10 heteroatoms. The maximum absolute atomic E-state index is 12.5. The number of anilines is 1. The van der Waals surface area contributed by atoms with E-state index in [0.29, 0.717) is 11.5 Å². The van der Waals surface area contributed by atoms with Crippen LogP contribution in [0.3, 0.4) is 0 Å². The number of pyridine rings is 1. The minimum Gasteiger partial charge on any atom is -0.371 e. The lowest BCUT2D eigenvalue weighted by atomic mass is 10.1. The summed E-state index contributed by atoms with van der Waals surface area (Å²) in [7, 11) is 5.06. The van der Waals surface area contributed by atoms with E-state index in [-0.39, 0.29) is 6.54 Å². The maximum atomic E-state index is 12.5. The molecule has 1 amide bonds. The van der Waals surface area contributed by atoms with Crippen molar-refractivity contribution >= 4 is 33.8 Å². The summed E-state index contributed by atoms with van der Waals surface area (Å²) in [6.45, 7) is 0.0805. The largest absolute Gasteiger partial charge is 0.397 e. The van der Waals surface area contributed by atoms with Gasteiger partial charge in [-0.1, -0.05) is 18.2 Å². The first-order valence-electron chi connectivity index (χ1n) is 9.58. The molecular formula is C21H21F3N6O. The number of halogens is 3. The predicted molar refractivity (Wildman–Crippen MR) is 112 cm³/mol. The molecule has 162 valence electrons. The first kappa shape index (κ1) is 20.7. The van der Waals surface area contributed by atoms with Crippen molar-refractivity contribution in [3.05, 3.63) is 42.2 Å². The van der Waals surface area contributed by atoms with Gasteiger partial charge in [-0.2, -0.15) is 13.2 Å². The molecule has 0 aliphatic carbocycles. The summed E-state index contributed by atoms with van der Waals surface area (Å²) >= 11 is 0. The van der Waals surface area contributed by atoms with E-state index in [2.05, 4.69) is 20.3 Å². The van der Waals surface area contributed by atoms with Crippen molar-refractivity contribution in [3.63, 3.8) is 0 Å². The van der Waals surface area contributed by atoms with E-state index in [1.807, 2.05) is 35.9 Å². The summed E-state index contributed by atoms with van der Waals surface area (Å²) in [4.78, 5) is 25.2. The van der Waals surface area contributed by atoms with Gasteiger partial charge in [-0.25, -0.2) is 9.97 Å². The summed E-state index contributed by atoms with van der Waals surface area (Å²) in [5, 5.41) is 3.97. The molecule has 0 radical (unpaired) electrons. The number of nitrogens with zero attached hydrogens (tertiary/aromatic N) is 4. The Balaban J connectivity index is 1.67. The Morgan fingerprint density at radius 3 is 2.77 bits per heavy atom. The summed E-state index contributed by atoms with van der Waals surface area (Å²) in [6.07, 6.45) is -4.26. The lowest BCUT2D eigenvalue weighted by Crippen LogP contribution is -2.30. The van der Waals surface area contributed by atoms with Crippen LogP contribution in [0, 0.1) is 0 Å². The molecule has 0 aliphatic heterocycles. The van der Waals surface area contributed by atoms with Crippen LogP contribution in [0.5, 0.6) is 0 Å². The van der Waals surface area contributed by atoms with Gasteiger partial charge in [0.2, 0.25) is 5.91 Å². The van der Waals surface area contributed by atoms with Crippen molar-refractivity contribution in [2.45, 2.75) is 19.1 Å². The van der Waals surface area contributed by atoms with E-state index in [9.17, 15) is 18.0 Å². The van der Waals surface area contributed by atoms with Crippen LogP contribution in [-0.2, 0) is 18.4 Å². The summed E-state index contributed by atoms with van der Waals surface area (Å²) in [5.41, 5.74) is 4.77. The number of imidazole rings is 1. The Morgan fingerprint density at radius 1 is 1.29 bits per heavy atom. The third kappa shape index (κ3) is 4.05. The number of carbonyl (C=O) groups is 1. The molecule has 0 bridgehead atoms. The normalized spacial score (nSPS) is 11.9. The zero-order valence-electron chi connectivity index (χ0n) is 17.2. The fraction of sp³-hybridized carbons (Fsp3) is 0.286. The Morgan fingerprint density at radius 2 is 2.06 bits per heavy atom. The highest BCUT2D eigenvalue weighted by atomic mass is 19.4. The van der Waals surface area contributed by atoms with Crippen molar-refractivity contribution < 1.29 is 18.0 Å². The van der Waals surface area contributed by atoms with E-state index in [4.69, 9.17) is 0 Å². The number of benzene rings is 1. The molecule has 0 saturated carbocycles. The lowest BCUT2D eigenvalue weighted by molar-refractivity contribution is -0.160. The van der Waals surface area contributed by atoms with Crippen LogP contribution >= 0.6 is 0 Å². The number of alkyl halides is 3. The monoisotopic (exact) mass is 430 g/mol. The van der Waals surface area contributed by atoms with Crippen LogP contribution in [0.1, 0.15) is 12.0 Å². The molecule has 0 spiro atoms. The molecule has 3 aromatic heterocycles. The number of rotatable bonds is 5. The number of carbonyl (C=O) groups excluding carboxylic acids is 1. The van der Waals surface area contributed by atoms with Gasteiger partial charge >= 0.3 is 6.18 Å². The van der Waals surface area contributed by atoms with Gasteiger partial charge < -0.3 is 19.8 Å². The number of H-pyrrole nitrogens is 1. The van der Waals surface area contributed by atoms with Crippen LogP contribution in [-0.4, -0.2) is 50.6 Å². The van der Waals surface area contributed by atoms with E-state index in [1.165, 1.54) is 7.05 Å². The number of hydrogen-bond acceptors (Lipinski definition) is 4. The predicted octanol–water partition coefficient (Wildman–Crippen LogP) is 4.07. The average Bonchev–Trinajstić information content (AvgIpc) is 3.29. The highest BCUT2D eigenvalue weighted by Gasteiger charge is 2.32. The molecule has 31 heavy (non-hydrogen) atoms. The number of amides is 1. The van der Waals surface area contributed by atoms with Gasteiger partial charge in [0.1, 0.15) is 17.6 Å². The van der Waals surface area contributed by atoms with Gasteiger partial charge in [0.25, 0.3) is 0 Å². The van der Waals surface area contributed by atoms with Gasteiger partial charge in [0, 0.05) is 38.8 Å². The number of aromatic amines is 1. The van der Waals surface area contributed by atoms with Crippen molar-refractivity contribution in [1.82, 2.24) is 24.4 Å². The van der Waals surface area contributed by atoms with Gasteiger partial charge in [-0.05, 0) is 23.3 Å². The summed E-state index contributed by atoms with van der Waals surface area (Å²) in [5.74, 6) is -0.305. The fourth-order valence-corrected chi connectivity index (χ4v) is 3.63. The summed E-state index contributed by atoms with van der Waals surface area (Å²) in [6, 6.07) is 9.31. The Kier molecular flexibility index (Phi) is 5.08. The first-order chi connectivity index (χ1) is 14.7. The third-order valence-corrected chi connectivity index (χ3v) is 5.11. The first-order valence-corrected chi connectivity index (χ1v) is 9.58. The van der Waals surface area contributed by atoms with E-state index in [1.54, 1.807) is 19.4 Å². The molecule has 0 aliphatic rings. The van der Waals surface area contributed by atoms with Gasteiger partial charge in [-0.3, -0.25) is 4.79 Å². The number of nitrogens with one attached hydrogen (secondary N) is 2. The molecule has 1 aromatic carbocycles. The number of hydrogen-bond donors (Lipinski definition) is 2. The zero-order chi connectivity index (χ0) is 22.3. The SMILES string of the molecule is CNc1nc2[nH]c(-c3cccc(CN(C)C(=O)CC(F)(F)F)c3)cc2c2c1ncn2C. The van der Waals surface area contributed by atoms with Crippen molar-refractivity contribution in [2.75, 3.05) is 19.4 Å². The molecule has 0 fully saturated rings. The molecule has 0 atom stereocenters. The van der Waals surface area contributed by atoms with Crippen molar-refractivity contribution in [1.29, 1.82) is 0 Å². The minimum atomic E-state index is -4.52. The zero-order valence-corrected chi connectivity index (χ0v) is 17.2. The molecule has 7 nitrogen and oxygen atoms in total. The van der Waals surface area contributed by atoms with Crippen LogP contribution in [0.15, 0.2) is 36.7 Å². The van der Waals surface area contributed by atoms with Crippen LogP contribution in [0.2, 0.25) is 0 Å². The van der Waals surface area contributed by atoms with Crippen LogP contribution in [0.4, 0.5) is 19.0 Å². The standard InChI is InChI=1S/C21H21F3N6O/c1-25-20-17-18(30(3)11-26-17)14-8-15(27-19(14)28-20)13-6-4-5-12(7-13)10-29(2)16(31)9-21(22,23)24/h4-8,11H,9-10H2,1-3H3,(H2,25,27,28). The molecule has 3 heterocycles. The molecule has 2 N–H and O–H groups in total. The highest BCUT2D eigenvalue weighted by molar-refractivity contribution is 6.07. The Labute approximate surface area is 175 Å². The topological polar surface area (TPSA) is 78.8 Å². The van der Waals surface area contributed by atoms with Gasteiger partial charge in [0.05, 0.1) is 11.8 Å². The fourth-order valence-electron chi connectivity index (χ4n) is 3.63.